The third-order valence-electron chi connectivity index (χ3n) is 3.47. The van der Waals surface area contributed by atoms with Crippen molar-refractivity contribution in [1.29, 1.82) is 0 Å². The predicted molar refractivity (Wildman–Crippen MR) is 62.7 cm³/mol. The summed E-state index contributed by atoms with van der Waals surface area (Å²) in [4.78, 5) is 10.9. The summed E-state index contributed by atoms with van der Waals surface area (Å²) >= 11 is -1.23. The summed E-state index contributed by atoms with van der Waals surface area (Å²) in [7, 11) is 0. The van der Waals surface area contributed by atoms with Gasteiger partial charge in [-0.05, 0) is 40.0 Å². The quantitative estimate of drug-likeness (QED) is 0.606. The minimum Gasteiger partial charge on any atom is -0.591 e. The Balaban J connectivity index is 1.91. The fourth-order valence-corrected chi connectivity index (χ4v) is 3.18. The van der Waals surface area contributed by atoms with Gasteiger partial charge >= 0.3 is 5.97 Å². The zero-order chi connectivity index (χ0) is 12.2. The smallest absolute Gasteiger partial charge is 0.309 e. The van der Waals surface area contributed by atoms with Crippen molar-refractivity contribution in [3.63, 3.8) is 0 Å². The molecule has 1 N–H and O–H groups in total. The van der Waals surface area contributed by atoms with E-state index in [9.17, 15) is 9.35 Å². The molecule has 2 bridgehead atoms. The van der Waals surface area contributed by atoms with Crippen LogP contribution >= 0.6 is 0 Å². The zero-order valence-corrected chi connectivity index (χ0v) is 10.6. The van der Waals surface area contributed by atoms with Crippen LogP contribution < -0.4 is 0 Å². The van der Waals surface area contributed by atoms with Gasteiger partial charge in [0, 0.05) is 5.41 Å². The molecule has 4 nitrogen and oxygen atoms in total. The predicted octanol–water partition coefficient (Wildman–Crippen LogP) is 1.77. The summed E-state index contributed by atoms with van der Waals surface area (Å²) < 4.78 is 15.4. The van der Waals surface area contributed by atoms with Crippen LogP contribution in [0.1, 0.15) is 40.0 Å². The molecule has 3 aliphatic rings. The average molecular weight is 243 g/mol. The fraction of sp³-hybridized carbons (Fsp3) is 0.818. The van der Waals surface area contributed by atoms with Gasteiger partial charge in [0.2, 0.25) is 0 Å². The lowest BCUT2D eigenvalue weighted by molar-refractivity contribution is -0.197. The molecule has 0 aromatic heterocycles. The third-order valence-corrected chi connectivity index (χ3v) is 4.82. The van der Waals surface area contributed by atoms with Gasteiger partial charge < -0.3 is 9.66 Å². The van der Waals surface area contributed by atoms with E-state index in [0.717, 1.165) is 0 Å². The second-order valence-electron chi connectivity index (χ2n) is 6.07. The molecule has 3 aliphatic carbocycles. The van der Waals surface area contributed by atoms with Crippen LogP contribution in [-0.4, -0.2) is 26.6 Å². The SMILES string of the molecule is CC(C)(C)[S+]([O-])/N=C/C12CC(C(=O)O)(C1)C2. The van der Waals surface area contributed by atoms with Crippen LogP contribution in [0.2, 0.25) is 0 Å². The normalized spacial score (nSPS) is 39.0. The molecular weight excluding hydrogens is 226 g/mol. The van der Waals surface area contributed by atoms with E-state index in [1.165, 1.54) is 0 Å². The molecule has 0 radical (unpaired) electrons. The van der Waals surface area contributed by atoms with Crippen LogP contribution in [-0.2, 0) is 16.2 Å². The fourth-order valence-electron chi connectivity index (χ4n) is 2.55. The molecule has 0 saturated heterocycles. The van der Waals surface area contributed by atoms with Crippen molar-refractivity contribution >= 4 is 23.5 Å². The van der Waals surface area contributed by atoms with Crippen molar-refractivity contribution in [2.75, 3.05) is 0 Å². The van der Waals surface area contributed by atoms with Gasteiger partial charge in [0.25, 0.3) is 0 Å². The van der Waals surface area contributed by atoms with Gasteiger partial charge in [0.15, 0.2) is 0 Å². The van der Waals surface area contributed by atoms with Crippen molar-refractivity contribution in [3.05, 3.63) is 0 Å². The molecule has 3 rings (SSSR count). The summed E-state index contributed by atoms with van der Waals surface area (Å²) in [5.41, 5.74) is -0.533. The third kappa shape index (κ3) is 1.66. The second-order valence-corrected chi connectivity index (χ2v) is 8.01. The first kappa shape index (κ1) is 11.9. The second kappa shape index (κ2) is 3.23. The molecule has 1 unspecified atom stereocenters. The maximum atomic E-state index is 11.7. The number of carbonyl (C=O) groups is 1. The van der Waals surface area contributed by atoms with E-state index >= 15 is 0 Å². The summed E-state index contributed by atoms with van der Waals surface area (Å²) in [6.45, 7) is 5.63. The number of carboxylic acid groups (broad SMARTS) is 1. The topological polar surface area (TPSA) is 72.7 Å². The number of hydrogen-bond acceptors (Lipinski definition) is 3. The van der Waals surface area contributed by atoms with Crippen molar-refractivity contribution in [3.8, 4) is 0 Å². The maximum Gasteiger partial charge on any atom is 0.309 e. The van der Waals surface area contributed by atoms with Crippen molar-refractivity contribution < 1.29 is 14.5 Å². The van der Waals surface area contributed by atoms with E-state index in [2.05, 4.69) is 4.40 Å². The largest absolute Gasteiger partial charge is 0.591 e. The minimum absolute atomic E-state index is 0.0562. The summed E-state index contributed by atoms with van der Waals surface area (Å²) in [5, 5.41) is 8.95. The molecule has 1 atom stereocenters. The Hall–Kier alpha value is -0.550. The van der Waals surface area contributed by atoms with E-state index in [1.807, 2.05) is 20.8 Å². The Kier molecular flexibility index (Phi) is 2.41. The van der Waals surface area contributed by atoms with Crippen LogP contribution in [0.3, 0.4) is 0 Å². The van der Waals surface area contributed by atoms with E-state index in [0.29, 0.717) is 19.3 Å². The number of carboxylic acids is 1. The lowest BCUT2D eigenvalue weighted by atomic mass is 9.35. The Morgan fingerprint density at radius 1 is 1.44 bits per heavy atom. The Morgan fingerprint density at radius 3 is 2.31 bits per heavy atom. The van der Waals surface area contributed by atoms with Gasteiger partial charge in [-0.2, -0.15) is 0 Å². The average Bonchev–Trinajstić information content (AvgIpc) is 1.95. The number of rotatable bonds is 3. The first-order chi connectivity index (χ1) is 7.19. The molecule has 0 amide bonds. The van der Waals surface area contributed by atoms with E-state index in [1.54, 1.807) is 6.21 Å². The van der Waals surface area contributed by atoms with Crippen LogP contribution in [0.25, 0.3) is 0 Å². The Bertz CT molecular complexity index is 339. The van der Waals surface area contributed by atoms with Crippen molar-refractivity contribution in [1.82, 2.24) is 0 Å². The van der Waals surface area contributed by atoms with Gasteiger partial charge in [-0.1, -0.05) is 4.40 Å². The van der Waals surface area contributed by atoms with Crippen molar-refractivity contribution in [2.45, 2.75) is 44.8 Å². The molecule has 90 valence electrons. The molecule has 0 aromatic rings. The lowest BCUT2D eigenvalue weighted by Gasteiger charge is -2.66. The molecular formula is C11H17NO3S. The standard InChI is InChI=1S/C11H17NO3S/c1-9(2,3)16(15)12-7-10-4-11(5-10,6-10)8(13)14/h7H,4-6H2,1-3H3,(H,13,14)/b12-7+. The Morgan fingerprint density at radius 2 is 1.94 bits per heavy atom. The Labute approximate surface area is 98.5 Å². The molecule has 3 fully saturated rings. The van der Waals surface area contributed by atoms with E-state index in [4.69, 9.17) is 5.11 Å². The molecule has 0 spiro atoms. The highest BCUT2D eigenvalue weighted by molar-refractivity contribution is 7.91. The molecule has 0 aromatic carbocycles. The van der Waals surface area contributed by atoms with Gasteiger partial charge in [0.1, 0.15) is 16.1 Å². The summed E-state index contributed by atoms with van der Waals surface area (Å²) in [6.07, 6.45) is 3.74. The highest BCUT2D eigenvalue weighted by Gasteiger charge is 2.71. The lowest BCUT2D eigenvalue weighted by Crippen LogP contribution is -2.66. The minimum atomic E-state index is -1.23. The summed E-state index contributed by atoms with van der Waals surface area (Å²) in [5.74, 6) is -0.695. The molecule has 0 heterocycles. The molecule has 16 heavy (non-hydrogen) atoms. The number of hydrogen-bond donors (Lipinski definition) is 1. The van der Waals surface area contributed by atoms with Crippen LogP contribution in [0.5, 0.6) is 0 Å². The van der Waals surface area contributed by atoms with Crippen molar-refractivity contribution in [2.24, 2.45) is 15.2 Å². The summed E-state index contributed by atoms with van der Waals surface area (Å²) in [6, 6.07) is 0. The van der Waals surface area contributed by atoms with E-state index in [-0.39, 0.29) is 10.2 Å². The zero-order valence-electron chi connectivity index (χ0n) is 9.82. The number of aliphatic carboxylic acids is 1. The van der Waals surface area contributed by atoms with Crippen LogP contribution in [0.15, 0.2) is 4.40 Å². The highest BCUT2D eigenvalue weighted by atomic mass is 32.2. The van der Waals surface area contributed by atoms with Crippen LogP contribution in [0, 0.1) is 10.8 Å². The van der Waals surface area contributed by atoms with Gasteiger partial charge in [-0.3, -0.25) is 4.79 Å². The maximum absolute atomic E-state index is 11.7. The monoisotopic (exact) mass is 243 g/mol. The molecule has 5 heteroatoms. The van der Waals surface area contributed by atoms with Gasteiger partial charge in [-0.15, -0.1) is 0 Å². The first-order valence-electron chi connectivity index (χ1n) is 5.40. The number of nitrogens with zero attached hydrogens (tertiary/aromatic N) is 1. The molecule has 0 aliphatic heterocycles. The molecule has 3 saturated carbocycles. The van der Waals surface area contributed by atoms with Gasteiger partial charge in [0.05, 0.1) is 11.6 Å². The highest BCUT2D eigenvalue weighted by Crippen LogP contribution is 2.72. The first-order valence-corrected chi connectivity index (χ1v) is 6.51. The van der Waals surface area contributed by atoms with Crippen LogP contribution in [0.4, 0.5) is 0 Å². The van der Waals surface area contributed by atoms with Gasteiger partial charge in [-0.25, -0.2) is 0 Å². The van der Waals surface area contributed by atoms with E-state index < -0.39 is 22.7 Å².